The SMILES string of the molecule is O=C(N[C@H](c1ccccc1)C1CC1)c1cccs1. The van der Waals surface area contributed by atoms with Crippen molar-refractivity contribution in [3.8, 4) is 0 Å². The minimum Gasteiger partial charge on any atom is -0.344 e. The van der Waals surface area contributed by atoms with Gasteiger partial charge in [-0.3, -0.25) is 4.79 Å². The van der Waals surface area contributed by atoms with Gasteiger partial charge in [0.25, 0.3) is 5.91 Å². The Bertz CT molecular complexity index is 517. The first kappa shape index (κ1) is 11.5. The van der Waals surface area contributed by atoms with E-state index in [4.69, 9.17) is 0 Å². The number of carbonyl (C=O) groups excluding carboxylic acids is 1. The maximum atomic E-state index is 12.1. The van der Waals surface area contributed by atoms with Gasteiger partial charge in [-0.15, -0.1) is 11.3 Å². The van der Waals surface area contributed by atoms with E-state index in [9.17, 15) is 4.79 Å². The van der Waals surface area contributed by atoms with Crippen LogP contribution in [0, 0.1) is 5.92 Å². The molecule has 18 heavy (non-hydrogen) atoms. The second-order valence-electron chi connectivity index (χ2n) is 4.68. The summed E-state index contributed by atoms with van der Waals surface area (Å²) >= 11 is 1.49. The molecule has 3 rings (SSSR count). The van der Waals surface area contributed by atoms with Gasteiger partial charge in [-0.1, -0.05) is 36.4 Å². The summed E-state index contributed by atoms with van der Waals surface area (Å²) in [5.41, 5.74) is 1.21. The minimum atomic E-state index is 0.0470. The molecule has 0 saturated heterocycles. The van der Waals surface area contributed by atoms with E-state index in [-0.39, 0.29) is 11.9 Å². The number of amides is 1. The molecule has 2 nitrogen and oxygen atoms in total. The lowest BCUT2D eigenvalue weighted by Crippen LogP contribution is -2.29. The molecule has 2 aromatic rings. The Labute approximate surface area is 111 Å². The quantitative estimate of drug-likeness (QED) is 0.890. The molecule has 1 fully saturated rings. The molecular weight excluding hydrogens is 242 g/mol. The minimum absolute atomic E-state index is 0.0470. The maximum Gasteiger partial charge on any atom is 0.261 e. The molecule has 92 valence electrons. The lowest BCUT2D eigenvalue weighted by molar-refractivity contribution is 0.0936. The summed E-state index contributed by atoms with van der Waals surface area (Å²) < 4.78 is 0. The molecule has 0 radical (unpaired) electrons. The van der Waals surface area contributed by atoms with E-state index in [1.165, 1.54) is 29.7 Å². The van der Waals surface area contributed by atoms with E-state index in [0.29, 0.717) is 5.92 Å². The average molecular weight is 257 g/mol. The highest BCUT2D eigenvalue weighted by Crippen LogP contribution is 2.41. The molecule has 0 unspecified atom stereocenters. The molecular formula is C15H15NOS. The summed E-state index contributed by atoms with van der Waals surface area (Å²) in [7, 11) is 0. The largest absolute Gasteiger partial charge is 0.344 e. The average Bonchev–Trinajstić information content (AvgIpc) is 3.10. The molecule has 1 N–H and O–H groups in total. The van der Waals surface area contributed by atoms with Crippen LogP contribution in [0.3, 0.4) is 0 Å². The van der Waals surface area contributed by atoms with Crippen molar-refractivity contribution in [1.82, 2.24) is 5.32 Å². The van der Waals surface area contributed by atoms with Gasteiger partial charge in [-0.05, 0) is 35.8 Å². The van der Waals surface area contributed by atoms with Crippen molar-refractivity contribution < 1.29 is 4.79 Å². The summed E-state index contributed by atoms with van der Waals surface area (Å²) in [5.74, 6) is 0.655. The fraction of sp³-hybridized carbons (Fsp3) is 0.267. The molecule has 1 aromatic heterocycles. The number of rotatable bonds is 4. The Hall–Kier alpha value is -1.61. The lowest BCUT2D eigenvalue weighted by atomic mass is 10.0. The molecule has 1 aromatic carbocycles. The number of nitrogens with one attached hydrogen (secondary N) is 1. The van der Waals surface area contributed by atoms with Gasteiger partial charge < -0.3 is 5.32 Å². The summed E-state index contributed by atoms with van der Waals surface area (Å²) in [5, 5.41) is 5.10. The van der Waals surface area contributed by atoms with Gasteiger partial charge in [0.05, 0.1) is 10.9 Å². The van der Waals surface area contributed by atoms with Gasteiger partial charge in [-0.2, -0.15) is 0 Å². The normalized spacial score (nSPS) is 16.2. The molecule has 3 heteroatoms. The van der Waals surface area contributed by atoms with Gasteiger partial charge in [0.2, 0.25) is 0 Å². The van der Waals surface area contributed by atoms with Crippen LogP contribution in [0.4, 0.5) is 0 Å². The predicted molar refractivity (Wildman–Crippen MR) is 73.7 cm³/mol. The third kappa shape index (κ3) is 2.46. The van der Waals surface area contributed by atoms with E-state index in [1.807, 2.05) is 35.7 Å². The van der Waals surface area contributed by atoms with Crippen LogP contribution < -0.4 is 5.32 Å². The fourth-order valence-corrected chi connectivity index (χ4v) is 2.81. The van der Waals surface area contributed by atoms with Crippen molar-refractivity contribution in [2.24, 2.45) is 5.92 Å². The van der Waals surface area contributed by atoms with E-state index >= 15 is 0 Å². The van der Waals surface area contributed by atoms with Crippen LogP contribution in [0.2, 0.25) is 0 Å². The van der Waals surface area contributed by atoms with Crippen molar-refractivity contribution in [2.45, 2.75) is 18.9 Å². The smallest absolute Gasteiger partial charge is 0.261 e. The predicted octanol–water partition coefficient (Wildman–Crippen LogP) is 3.63. The van der Waals surface area contributed by atoms with E-state index in [2.05, 4.69) is 17.4 Å². The van der Waals surface area contributed by atoms with Crippen molar-refractivity contribution in [1.29, 1.82) is 0 Å². The Morgan fingerprint density at radius 1 is 1.17 bits per heavy atom. The Morgan fingerprint density at radius 2 is 1.94 bits per heavy atom. The monoisotopic (exact) mass is 257 g/mol. The molecule has 1 heterocycles. The van der Waals surface area contributed by atoms with Crippen LogP contribution in [0.5, 0.6) is 0 Å². The Balaban J connectivity index is 1.77. The molecule has 1 aliphatic carbocycles. The molecule has 0 aliphatic heterocycles. The van der Waals surface area contributed by atoms with Gasteiger partial charge >= 0.3 is 0 Å². The first-order valence-corrected chi connectivity index (χ1v) is 7.12. The van der Waals surface area contributed by atoms with Crippen molar-refractivity contribution in [3.63, 3.8) is 0 Å². The van der Waals surface area contributed by atoms with Crippen molar-refractivity contribution in [3.05, 3.63) is 58.3 Å². The second-order valence-corrected chi connectivity index (χ2v) is 5.62. The van der Waals surface area contributed by atoms with Gasteiger partial charge in [0.15, 0.2) is 0 Å². The van der Waals surface area contributed by atoms with Crippen LogP contribution in [-0.4, -0.2) is 5.91 Å². The highest BCUT2D eigenvalue weighted by Gasteiger charge is 2.33. The van der Waals surface area contributed by atoms with Crippen LogP contribution in [0.25, 0.3) is 0 Å². The Kier molecular flexibility index (Phi) is 3.15. The van der Waals surface area contributed by atoms with E-state index in [1.54, 1.807) is 0 Å². The van der Waals surface area contributed by atoms with Crippen molar-refractivity contribution >= 4 is 17.2 Å². The number of thiophene rings is 1. The van der Waals surface area contributed by atoms with Crippen LogP contribution >= 0.6 is 11.3 Å². The van der Waals surface area contributed by atoms with Gasteiger partial charge in [-0.25, -0.2) is 0 Å². The highest BCUT2D eigenvalue weighted by atomic mass is 32.1. The molecule has 0 spiro atoms. The fourth-order valence-electron chi connectivity index (χ4n) is 2.18. The Morgan fingerprint density at radius 3 is 2.56 bits per heavy atom. The number of hydrogen-bond donors (Lipinski definition) is 1. The summed E-state index contributed by atoms with van der Waals surface area (Å²) in [6.07, 6.45) is 2.43. The first-order valence-electron chi connectivity index (χ1n) is 6.24. The number of hydrogen-bond acceptors (Lipinski definition) is 2. The van der Waals surface area contributed by atoms with Crippen LogP contribution in [-0.2, 0) is 0 Å². The molecule has 1 amide bonds. The van der Waals surface area contributed by atoms with E-state index in [0.717, 1.165) is 4.88 Å². The first-order chi connectivity index (χ1) is 8.84. The van der Waals surface area contributed by atoms with Crippen molar-refractivity contribution in [2.75, 3.05) is 0 Å². The molecule has 1 aliphatic rings. The zero-order chi connectivity index (χ0) is 12.4. The molecule has 1 atom stereocenters. The summed E-state index contributed by atoms with van der Waals surface area (Å²) in [6.45, 7) is 0. The number of carbonyl (C=O) groups is 1. The zero-order valence-electron chi connectivity index (χ0n) is 10.0. The summed E-state index contributed by atoms with van der Waals surface area (Å²) in [4.78, 5) is 12.9. The molecule has 0 bridgehead atoms. The van der Waals surface area contributed by atoms with Gasteiger partial charge in [0, 0.05) is 0 Å². The van der Waals surface area contributed by atoms with Crippen LogP contribution in [0.15, 0.2) is 47.8 Å². The highest BCUT2D eigenvalue weighted by molar-refractivity contribution is 7.12. The standard InChI is InChI=1S/C15H15NOS/c17-15(13-7-4-10-18-13)16-14(12-8-9-12)11-5-2-1-3-6-11/h1-7,10,12,14H,8-9H2,(H,16,17)/t14-/m1/s1. The topological polar surface area (TPSA) is 29.1 Å². The second kappa shape index (κ2) is 4.94. The maximum absolute atomic E-state index is 12.1. The summed E-state index contributed by atoms with van der Waals surface area (Å²) in [6, 6.07) is 14.2. The third-order valence-corrected chi connectivity index (χ3v) is 4.15. The number of benzene rings is 1. The van der Waals surface area contributed by atoms with Gasteiger partial charge in [0.1, 0.15) is 0 Å². The van der Waals surface area contributed by atoms with E-state index < -0.39 is 0 Å². The lowest BCUT2D eigenvalue weighted by Gasteiger charge is -2.18. The zero-order valence-corrected chi connectivity index (χ0v) is 10.8. The molecule has 1 saturated carbocycles. The van der Waals surface area contributed by atoms with Crippen LogP contribution in [0.1, 0.15) is 34.1 Å². The third-order valence-electron chi connectivity index (χ3n) is 3.28.